The van der Waals surface area contributed by atoms with E-state index >= 15 is 0 Å². The second kappa shape index (κ2) is 5.87. The molecule has 20 heavy (non-hydrogen) atoms. The van der Waals surface area contributed by atoms with Crippen LogP contribution >= 0.6 is 0 Å². The second-order valence-electron chi connectivity index (χ2n) is 4.35. The van der Waals surface area contributed by atoms with Crippen molar-refractivity contribution in [1.82, 2.24) is 4.90 Å². The molecule has 0 bridgehead atoms. The normalized spacial score (nSPS) is 18.7. The number of nitrogen functional groups attached to an aromatic ring is 1. The van der Waals surface area contributed by atoms with Crippen molar-refractivity contribution in [1.29, 1.82) is 0 Å². The van der Waals surface area contributed by atoms with E-state index in [2.05, 4.69) is 4.74 Å². The van der Waals surface area contributed by atoms with Crippen LogP contribution in [-0.2, 0) is 14.3 Å². The minimum atomic E-state index is -0.863. The first-order valence-electron chi connectivity index (χ1n) is 6.06. The Morgan fingerprint density at radius 3 is 2.90 bits per heavy atom. The van der Waals surface area contributed by atoms with Gasteiger partial charge in [0.05, 0.1) is 25.9 Å². The van der Waals surface area contributed by atoms with E-state index in [1.807, 2.05) is 0 Å². The largest absolute Gasteiger partial charge is 0.467 e. The third-order valence-electron chi connectivity index (χ3n) is 3.09. The summed E-state index contributed by atoms with van der Waals surface area (Å²) in [4.78, 5) is 25.2. The summed E-state index contributed by atoms with van der Waals surface area (Å²) in [5.74, 6) is -1.89. The summed E-state index contributed by atoms with van der Waals surface area (Å²) in [7, 11) is 1.23. The molecule has 1 aromatic carbocycles. The number of carbonyl (C=O) groups excluding carboxylic acids is 2. The fraction of sp³-hybridized carbons (Fsp3) is 0.385. The topological polar surface area (TPSA) is 81.9 Å². The van der Waals surface area contributed by atoms with Crippen LogP contribution in [0.5, 0.6) is 0 Å². The van der Waals surface area contributed by atoms with Crippen molar-refractivity contribution >= 4 is 17.6 Å². The summed E-state index contributed by atoms with van der Waals surface area (Å²) in [6.45, 7) is 0.521. The van der Waals surface area contributed by atoms with E-state index in [9.17, 15) is 14.0 Å². The zero-order valence-electron chi connectivity index (χ0n) is 11.0. The minimum Gasteiger partial charge on any atom is -0.467 e. The van der Waals surface area contributed by atoms with Crippen LogP contribution in [0, 0.1) is 5.82 Å². The zero-order valence-corrected chi connectivity index (χ0v) is 11.0. The molecule has 7 heteroatoms. The summed E-state index contributed by atoms with van der Waals surface area (Å²) >= 11 is 0. The molecule has 1 saturated heterocycles. The Morgan fingerprint density at radius 1 is 1.50 bits per heavy atom. The Bertz CT molecular complexity index is 535. The predicted molar refractivity (Wildman–Crippen MR) is 68.5 cm³/mol. The van der Waals surface area contributed by atoms with E-state index < -0.39 is 23.7 Å². The first-order valence-corrected chi connectivity index (χ1v) is 6.06. The van der Waals surface area contributed by atoms with Gasteiger partial charge < -0.3 is 20.1 Å². The number of morpholine rings is 1. The Hall–Kier alpha value is -2.15. The van der Waals surface area contributed by atoms with Gasteiger partial charge in [0.25, 0.3) is 5.91 Å². The number of nitrogens with two attached hydrogens (primary N) is 1. The number of methoxy groups -OCH3 is 1. The Kier molecular flexibility index (Phi) is 4.19. The van der Waals surface area contributed by atoms with Crippen LogP contribution in [0.15, 0.2) is 18.2 Å². The molecule has 0 saturated carbocycles. The van der Waals surface area contributed by atoms with Crippen LogP contribution < -0.4 is 5.73 Å². The van der Waals surface area contributed by atoms with Crippen LogP contribution in [0.2, 0.25) is 0 Å². The fourth-order valence-corrected chi connectivity index (χ4v) is 2.04. The molecule has 6 nitrogen and oxygen atoms in total. The number of amides is 1. The lowest BCUT2D eigenvalue weighted by Crippen LogP contribution is -2.53. The number of nitrogens with zero attached hydrogens (tertiary/aromatic N) is 1. The maximum atomic E-state index is 13.8. The molecule has 0 radical (unpaired) electrons. The standard InChI is InChI=1S/C13H15FN2O4/c1-19-13(18)11-7-20-5-4-16(11)12(17)9-3-2-8(15)6-10(9)14/h2-3,6,11H,4-5,7,15H2,1H3. The van der Waals surface area contributed by atoms with Crippen LogP contribution in [-0.4, -0.2) is 49.7 Å². The van der Waals surface area contributed by atoms with Crippen LogP contribution in [0.3, 0.4) is 0 Å². The van der Waals surface area contributed by atoms with Gasteiger partial charge in [0.1, 0.15) is 5.82 Å². The molecule has 0 aromatic heterocycles. The number of anilines is 1. The predicted octanol–water partition coefficient (Wildman–Crippen LogP) is 0.422. The van der Waals surface area contributed by atoms with E-state index in [0.29, 0.717) is 0 Å². The highest BCUT2D eigenvalue weighted by atomic mass is 19.1. The lowest BCUT2D eigenvalue weighted by Gasteiger charge is -2.33. The van der Waals surface area contributed by atoms with Crippen LogP contribution in [0.1, 0.15) is 10.4 Å². The third-order valence-corrected chi connectivity index (χ3v) is 3.09. The van der Waals surface area contributed by atoms with E-state index in [4.69, 9.17) is 10.5 Å². The van der Waals surface area contributed by atoms with E-state index in [0.717, 1.165) is 6.07 Å². The molecular formula is C13H15FN2O4. The number of halogens is 1. The van der Waals surface area contributed by atoms with Crippen molar-refractivity contribution in [3.63, 3.8) is 0 Å². The molecule has 1 unspecified atom stereocenters. The second-order valence-corrected chi connectivity index (χ2v) is 4.35. The molecule has 1 aliphatic rings. The van der Waals surface area contributed by atoms with Crippen molar-refractivity contribution in [2.75, 3.05) is 32.6 Å². The van der Waals surface area contributed by atoms with Gasteiger partial charge in [-0.15, -0.1) is 0 Å². The molecular weight excluding hydrogens is 267 g/mol. The van der Waals surface area contributed by atoms with Crippen molar-refractivity contribution in [3.8, 4) is 0 Å². The monoisotopic (exact) mass is 282 g/mol. The maximum Gasteiger partial charge on any atom is 0.331 e. The molecule has 0 spiro atoms. The van der Waals surface area contributed by atoms with E-state index in [1.165, 1.54) is 24.1 Å². The van der Waals surface area contributed by atoms with Crippen LogP contribution in [0.25, 0.3) is 0 Å². The molecule has 1 atom stereocenters. The summed E-state index contributed by atoms with van der Waals surface area (Å²) < 4.78 is 23.6. The number of rotatable bonds is 2. The van der Waals surface area contributed by atoms with Crippen molar-refractivity contribution < 1.29 is 23.5 Å². The van der Waals surface area contributed by atoms with Gasteiger partial charge in [0, 0.05) is 12.2 Å². The SMILES string of the molecule is COC(=O)C1COCCN1C(=O)c1ccc(N)cc1F. The fourth-order valence-electron chi connectivity index (χ4n) is 2.04. The first-order chi connectivity index (χ1) is 9.54. The van der Waals surface area contributed by atoms with Gasteiger partial charge in [-0.3, -0.25) is 4.79 Å². The molecule has 2 N–H and O–H groups in total. The van der Waals surface area contributed by atoms with Gasteiger partial charge in [-0.25, -0.2) is 9.18 Å². The maximum absolute atomic E-state index is 13.8. The molecule has 1 aromatic rings. The van der Waals surface area contributed by atoms with Gasteiger partial charge >= 0.3 is 5.97 Å². The number of carbonyl (C=O) groups is 2. The lowest BCUT2D eigenvalue weighted by atomic mass is 10.1. The summed E-state index contributed by atoms with van der Waals surface area (Å²) in [5.41, 5.74) is 5.54. The number of esters is 1. The van der Waals surface area contributed by atoms with Gasteiger partial charge in [-0.1, -0.05) is 0 Å². The molecule has 108 valence electrons. The average Bonchev–Trinajstić information content (AvgIpc) is 2.46. The highest BCUT2D eigenvalue weighted by molar-refractivity contribution is 5.97. The Balaban J connectivity index is 2.27. The number of hydrogen-bond donors (Lipinski definition) is 1. The van der Waals surface area contributed by atoms with Crippen LogP contribution in [0.4, 0.5) is 10.1 Å². The van der Waals surface area contributed by atoms with Crippen molar-refractivity contribution in [2.24, 2.45) is 0 Å². The lowest BCUT2D eigenvalue weighted by molar-refractivity contribution is -0.151. The molecule has 1 fully saturated rings. The Labute approximate surface area is 115 Å². The first kappa shape index (κ1) is 14.3. The highest BCUT2D eigenvalue weighted by Gasteiger charge is 2.34. The number of hydrogen-bond acceptors (Lipinski definition) is 5. The highest BCUT2D eigenvalue weighted by Crippen LogP contribution is 2.18. The molecule has 1 aliphatic heterocycles. The smallest absolute Gasteiger partial charge is 0.331 e. The third kappa shape index (κ3) is 2.72. The average molecular weight is 282 g/mol. The van der Waals surface area contributed by atoms with Crippen molar-refractivity contribution in [3.05, 3.63) is 29.6 Å². The zero-order chi connectivity index (χ0) is 14.7. The summed E-state index contributed by atoms with van der Waals surface area (Å²) in [6, 6.07) is 2.94. The summed E-state index contributed by atoms with van der Waals surface area (Å²) in [5, 5.41) is 0. The number of benzene rings is 1. The van der Waals surface area contributed by atoms with E-state index in [1.54, 1.807) is 0 Å². The Morgan fingerprint density at radius 2 is 2.25 bits per heavy atom. The van der Waals surface area contributed by atoms with Gasteiger partial charge in [0.2, 0.25) is 0 Å². The van der Waals surface area contributed by atoms with E-state index in [-0.39, 0.29) is 31.0 Å². The molecule has 0 aliphatic carbocycles. The van der Waals surface area contributed by atoms with Gasteiger partial charge in [0.15, 0.2) is 6.04 Å². The molecule has 1 amide bonds. The van der Waals surface area contributed by atoms with Crippen molar-refractivity contribution in [2.45, 2.75) is 6.04 Å². The molecule has 2 rings (SSSR count). The van der Waals surface area contributed by atoms with Gasteiger partial charge in [-0.2, -0.15) is 0 Å². The number of ether oxygens (including phenoxy) is 2. The van der Waals surface area contributed by atoms with Gasteiger partial charge in [-0.05, 0) is 18.2 Å². The quantitative estimate of drug-likeness (QED) is 0.628. The molecule has 1 heterocycles. The summed E-state index contributed by atoms with van der Waals surface area (Å²) in [6.07, 6.45) is 0. The minimum absolute atomic E-state index is 0.0367.